The van der Waals surface area contributed by atoms with E-state index in [9.17, 15) is 76.6 Å². The largest absolute Gasteiger partial charge is 0.432 e. The Bertz CT molecular complexity index is 2330. The number of aliphatic hydroxyl groups is 15. The van der Waals surface area contributed by atoms with Gasteiger partial charge < -0.3 is 124 Å². The Labute approximate surface area is 482 Å². The van der Waals surface area contributed by atoms with Crippen LogP contribution in [0.25, 0.3) is 0 Å². The van der Waals surface area contributed by atoms with Gasteiger partial charge in [-0.2, -0.15) is 0 Å². The number of hydrogen-bond donors (Lipinski definition) is 15. The van der Waals surface area contributed by atoms with Crippen molar-refractivity contribution < 1.29 is 129 Å². The lowest BCUT2D eigenvalue weighted by Crippen LogP contribution is -2.69. The Morgan fingerprint density at radius 1 is 0.602 bits per heavy atom. The first-order valence-corrected chi connectivity index (χ1v) is 29.6. The van der Waals surface area contributed by atoms with E-state index in [-0.39, 0.29) is 36.2 Å². The van der Waals surface area contributed by atoms with Crippen molar-refractivity contribution in [3.63, 3.8) is 0 Å². The molecule has 5 aliphatic heterocycles. The fraction of sp³-hybridized carbons (Fsp3) is 0.947. The van der Waals surface area contributed by atoms with Crippen molar-refractivity contribution in [2.75, 3.05) is 39.6 Å². The maximum absolute atomic E-state index is 15.3. The summed E-state index contributed by atoms with van der Waals surface area (Å²) < 4.78 is 59.0. The number of fused-ring (bicyclic) bond motifs is 7. The van der Waals surface area contributed by atoms with E-state index in [1.807, 2.05) is 6.92 Å². The van der Waals surface area contributed by atoms with Crippen LogP contribution in [0.3, 0.4) is 0 Å². The highest BCUT2D eigenvalue weighted by Gasteiger charge is 2.72. The molecule has 5 aliphatic carbocycles. The second kappa shape index (κ2) is 23.2. The monoisotopic (exact) mass is 1190 g/mol. The predicted molar refractivity (Wildman–Crippen MR) is 279 cm³/mol. The molecular formula is C57H92O26. The number of carbonyl (C=O) groups is 1. The van der Waals surface area contributed by atoms with Gasteiger partial charge in [0.25, 0.3) is 0 Å². The normalized spacial score (nSPS) is 55.3. The molecule has 0 radical (unpaired) electrons. The van der Waals surface area contributed by atoms with Gasteiger partial charge in [-0.15, -0.1) is 0 Å². The van der Waals surface area contributed by atoms with Crippen LogP contribution in [-0.2, 0) is 52.2 Å². The highest BCUT2D eigenvalue weighted by Crippen LogP contribution is 2.76. The van der Waals surface area contributed by atoms with Gasteiger partial charge in [0, 0.05) is 5.41 Å². The number of aliphatic hydroxyl groups excluding tert-OH is 14. The van der Waals surface area contributed by atoms with E-state index in [0.29, 0.717) is 51.4 Å². The average Bonchev–Trinajstić information content (AvgIpc) is 1.03. The minimum Gasteiger partial charge on any atom is -0.432 e. The Balaban J connectivity index is 0.857. The first-order valence-electron chi connectivity index (χ1n) is 29.6. The zero-order valence-corrected chi connectivity index (χ0v) is 48.3. The molecule has 9 fully saturated rings. The van der Waals surface area contributed by atoms with Gasteiger partial charge in [0.05, 0.1) is 63.4 Å². The molecule has 4 saturated carbocycles. The zero-order valence-electron chi connectivity index (χ0n) is 48.3. The van der Waals surface area contributed by atoms with Crippen molar-refractivity contribution in [1.29, 1.82) is 0 Å². The maximum Gasteiger partial charge on any atom is 0.315 e. The Morgan fingerprint density at radius 2 is 1.20 bits per heavy atom. The van der Waals surface area contributed by atoms with E-state index in [1.54, 1.807) is 0 Å². The van der Waals surface area contributed by atoms with Crippen LogP contribution in [0.15, 0.2) is 11.6 Å². The first kappa shape index (κ1) is 64.2. The van der Waals surface area contributed by atoms with E-state index in [0.717, 1.165) is 5.57 Å². The minimum absolute atomic E-state index is 0.0531. The van der Waals surface area contributed by atoms with E-state index in [2.05, 4.69) is 40.7 Å². The molecular weight excluding hydrogens is 1100 g/mol. The third-order valence-electron chi connectivity index (χ3n) is 22.5. The third-order valence-corrected chi connectivity index (χ3v) is 22.5. The molecule has 0 bridgehead atoms. The average molecular weight is 1190 g/mol. The summed E-state index contributed by atoms with van der Waals surface area (Å²) in [4.78, 5) is 15.3. The molecule has 0 aromatic heterocycles. The molecule has 0 spiro atoms. The summed E-state index contributed by atoms with van der Waals surface area (Å²) in [6.45, 7) is 11.1. The highest BCUT2D eigenvalue weighted by atomic mass is 16.8. The van der Waals surface area contributed by atoms with Crippen LogP contribution in [0, 0.1) is 50.2 Å². The second-order valence-corrected chi connectivity index (χ2v) is 27.9. The van der Waals surface area contributed by atoms with Crippen molar-refractivity contribution in [2.45, 2.75) is 247 Å². The molecule has 0 aromatic carbocycles. The Morgan fingerprint density at radius 3 is 1.86 bits per heavy atom. The Hall–Kier alpha value is -1.75. The van der Waals surface area contributed by atoms with Crippen molar-refractivity contribution >= 4 is 5.97 Å². The number of allylic oxidation sites excluding steroid dienone is 2. The summed E-state index contributed by atoms with van der Waals surface area (Å²) in [6, 6.07) is 0. The molecule has 5 saturated heterocycles. The van der Waals surface area contributed by atoms with Crippen molar-refractivity contribution in [2.24, 2.45) is 50.2 Å². The summed E-state index contributed by atoms with van der Waals surface area (Å²) >= 11 is 0. The van der Waals surface area contributed by atoms with Crippen molar-refractivity contribution in [1.82, 2.24) is 0 Å². The van der Waals surface area contributed by atoms with Crippen LogP contribution in [0.1, 0.15) is 106 Å². The lowest BCUT2D eigenvalue weighted by Gasteiger charge is -2.72. The van der Waals surface area contributed by atoms with E-state index >= 15 is 4.79 Å². The van der Waals surface area contributed by atoms with Crippen molar-refractivity contribution in [3.05, 3.63) is 11.6 Å². The molecule has 10 aliphatic rings. The zero-order chi connectivity index (χ0) is 60.5. The molecule has 0 aromatic rings. The second-order valence-electron chi connectivity index (χ2n) is 27.9. The molecule has 31 atom stereocenters. The number of esters is 1. The summed E-state index contributed by atoms with van der Waals surface area (Å²) in [5.41, 5.74) is -4.81. The van der Waals surface area contributed by atoms with Gasteiger partial charge in [0.2, 0.25) is 6.29 Å². The number of hydrogen-bond acceptors (Lipinski definition) is 26. The van der Waals surface area contributed by atoms with Gasteiger partial charge >= 0.3 is 5.97 Å². The van der Waals surface area contributed by atoms with E-state index in [1.165, 1.54) is 6.92 Å². The first-order chi connectivity index (χ1) is 38.9. The molecule has 476 valence electrons. The maximum atomic E-state index is 15.3. The quantitative estimate of drug-likeness (QED) is 0.0487. The van der Waals surface area contributed by atoms with E-state index < -0.39 is 207 Å². The van der Waals surface area contributed by atoms with Crippen LogP contribution in [0.5, 0.6) is 0 Å². The Kier molecular flexibility index (Phi) is 18.0. The van der Waals surface area contributed by atoms with Gasteiger partial charge in [-0.1, -0.05) is 53.2 Å². The lowest BCUT2D eigenvalue weighted by atomic mass is 9.33. The standard InChI is InChI=1S/C57H92O26/c1-24-40(79-45-37(68)33(64)28(62)19-74-45)35(66)38(69)46(77-24)81-42-34(65)29(63)20-75-48(42)83-50(72)56-14-12-51(2,3)16-26(56)25-8-9-32-52(4)17-27(61)44(53(5,21-59)31(52)10-11-55(32,7)54(25,6)13-15-56)82-47-39(70)36(67)41(30(18-58)78-47)80-49-43(71)57(73,22-60)23-76-49/h8,24,26-49,58-71,73H,9-23H2,1-7H3. The molecule has 15 N–H and O–H groups in total. The number of rotatable bonds is 13. The van der Waals surface area contributed by atoms with Crippen LogP contribution in [-0.4, -0.2) is 263 Å². The molecule has 26 nitrogen and oxygen atoms in total. The molecule has 10 rings (SSSR count). The van der Waals surface area contributed by atoms with E-state index in [4.69, 9.17) is 47.4 Å². The molecule has 26 heteroatoms. The van der Waals surface area contributed by atoms with Crippen LogP contribution < -0.4 is 0 Å². The van der Waals surface area contributed by atoms with Crippen LogP contribution >= 0.6 is 0 Å². The van der Waals surface area contributed by atoms with Gasteiger partial charge in [-0.05, 0) is 104 Å². The van der Waals surface area contributed by atoms with Gasteiger partial charge in [-0.25, -0.2) is 0 Å². The van der Waals surface area contributed by atoms with Crippen LogP contribution in [0.2, 0.25) is 0 Å². The summed E-state index contributed by atoms with van der Waals surface area (Å²) in [5, 5.41) is 163. The summed E-state index contributed by atoms with van der Waals surface area (Å²) in [6.07, 6.45) is -27.0. The fourth-order valence-electron chi connectivity index (χ4n) is 17.3. The summed E-state index contributed by atoms with van der Waals surface area (Å²) in [7, 11) is 0. The van der Waals surface area contributed by atoms with Gasteiger partial charge in [-0.3, -0.25) is 4.79 Å². The molecule has 5 heterocycles. The SMILES string of the molecule is CC1OC(OC2C(OC(=O)C34CCC(C)(C)CC3C3=CCC5C6(C)CC(O)C(OC7OC(CO)C(OC8OCC(O)(CO)C8O)C(O)C7O)C(C)(CO)C6CCC5(C)C3(C)CC4)OCC(O)C2O)C(O)C(O)C1OC1OCC(O)C(O)C1O. The third kappa shape index (κ3) is 10.5. The van der Waals surface area contributed by atoms with Crippen LogP contribution in [0.4, 0.5) is 0 Å². The smallest absolute Gasteiger partial charge is 0.315 e. The van der Waals surface area contributed by atoms with Gasteiger partial charge in [0.1, 0.15) is 85.0 Å². The highest BCUT2D eigenvalue weighted by molar-refractivity contribution is 5.79. The molecule has 31 unspecified atom stereocenters. The number of carbonyl (C=O) groups excluding carboxylic acids is 1. The van der Waals surface area contributed by atoms with Gasteiger partial charge in [0.15, 0.2) is 31.3 Å². The minimum atomic E-state index is -2.05. The topological polar surface area (TPSA) is 413 Å². The summed E-state index contributed by atoms with van der Waals surface area (Å²) in [5.74, 6) is -1.20. The number of ether oxygens (including phenoxy) is 10. The molecule has 0 amide bonds. The molecule has 83 heavy (non-hydrogen) atoms. The predicted octanol–water partition coefficient (Wildman–Crippen LogP) is -3.32. The van der Waals surface area contributed by atoms with Crippen molar-refractivity contribution in [3.8, 4) is 0 Å². The lowest BCUT2D eigenvalue weighted by molar-refractivity contribution is -0.368. The fourth-order valence-corrected chi connectivity index (χ4v) is 17.3.